The SMILES string of the molecule is Cc1ccc(-n2cnnc2SCCNS(C)(=O)=O)cc1Cl. The summed E-state index contributed by atoms with van der Waals surface area (Å²) in [5.74, 6) is 0.561. The lowest BCUT2D eigenvalue weighted by atomic mass is 10.2. The van der Waals surface area contributed by atoms with Crippen LogP contribution in [0.1, 0.15) is 5.56 Å². The molecule has 21 heavy (non-hydrogen) atoms. The van der Waals surface area contributed by atoms with Crippen LogP contribution < -0.4 is 4.72 Å². The average molecular weight is 347 g/mol. The summed E-state index contributed by atoms with van der Waals surface area (Å²) >= 11 is 7.54. The van der Waals surface area contributed by atoms with E-state index in [0.717, 1.165) is 17.5 Å². The van der Waals surface area contributed by atoms with Crippen molar-refractivity contribution in [2.75, 3.05) is 18.6 Å². The number of halogens is 1. The minimum absolute atomic E-state index is 0.338. The van der Waals surface area contributed by atoms with Gasteiger partial charge in [-0.25, -0.2) is 13.1 Å². The molecule has 0 aliphatic rings. The molecule has 1 heterocycles. The Morgan fingerprint density at radius 1 is 1.43 bits per heavy atom. The number of sulfonamides is 1. The molecule has 0 bridgehead atoms. The molecule has 0 aliphatic carbocycles. The normalized spacial score (nSPS) is 11.8. The van der Waals surface area contributed by atoms with Crippen molar-refractivity contribution in [1.82, 2.24) is 19.5 Å². The van der Waals surface area contributed by atoms with E-state index in [1.54, 1.807) is 6.33 Å². The summed E-state index contributed by atoms with van der Waals surface area (Å²) in [6.07, 6.45) is 2.74. The summed E-state index contributed by atoms with van der Waals surface area (Å²) < 4.78 is 26.2. The van der Waals surface area contributed by atoms with Crippen LogP contribution in [-0.2, 0) is 10.0 Å². The van der Waals surface area contributed by atoms with Crippen molar-refractivity contribution >= 4 is 33.4 Å². The lowest BCUT2D eigenvalue weighted by Crippen LogP contribution is -2.24. The summed E-state index contributed by atoms with van der Waals surface area (Å²) in [5, 5.41) is 9.28. The predicted octanol–water partition coefficient (Wildman–Crippen LogP) is 1.87. The van der Waals surface area contributed by atoms with E-state index >= 15 is 0 Å². The highest BCUT2D eigenvalue weighted by atomic mass is 35.5. The second kappa shape index (κ2) is 6.78. The summed E-state index contributed by atoms with van der Waals surface area (Å²) in [6.45, 7) is 2.27. The highest BCUT2D eigenvalue weighted by Gasteiger charge is 2.09. The third-order valence-corrected chi connectivity index (χ3v) is 4.73. The molecule has 1 aromatic heterocycles. The van der Waals surface area contributed by atoms with Crippen LogP contribution in [0.15, 0.2) is 29.7 Å². The van der Waals surface area contributed by atoms with Gasteiger partial charge in [-0.05, 0) is 24.6 Å². The number of aromatic nitrogens is 3. The molecule has 0 fully saturated rings. The Balaban J connectivity index is 2.06. The Kier molecular flexibility index (Phi) is 5.26. The molecule has 114 valence electrons. The minimum atomic E-state index is -3.16. The smallest absolute Gasteiger partial charge is 0.208 e. The van der Waals surface area contributed by atoms with E-state index < -0.39 is 10.0 Å². The molecular weight excluding hydrogens is 332 g/mol. The van der Waals surface area contributed by atoms with Gasteiger partial charge in [-0.15, -0.1) is 10.2 Å². The van der Waals surface area contributed by atoms with E-state index in [0.29, 0.717) is 22.5 Å². The zero-order valence-corrected chi connectivity index (χ0v) is 14.0. The summed E-state index contributed by atoms with van der Waals surface area (Å²) in [4.78, 5) is 0. The van der Waals surface area contributed by atoms with Gasteiger partial charge in [0.15, 0.2) is 5.16 Å². The zero-order valence-electron chi connectivity index (χ0n) is 11.6. The van der Waals surface area contributed by atoms with Crippen molar-refractivity contribution in [3.05, 3.63) is 35.1 Å². The molecule has 0 unspecified atom stereocenters. The van der Waals surface area contributed by atoms with Gasteiger partial charge in [0.2, 0.25) is 10.0 Å². The van der Waals surface area contributed by atoms with Gasteiger partial charge in [0.25, 0.3) is 0 Å². The van der Waals surface area contributed by atoms with Crippen molar-refractivity contribution < 1.29 is 8.42 Å². The van der Waals surface area contributed by atoms with Crippen LogP contribution in [0.2, 0.25) is 5.02 Å². The molecule has 1 aromatic carbocycles. The first-order valence-corrected chi connectivity index (χ1v) is 9.36. The van der Waals surface area contributed by atoms with Gasteiger partial charge in [0, 0.05) is 17.3 Å². The molecule has 2 aromatic rings. The molecule has 0 saturated carbocycles. The van der Waals surface area contributed by atoms with E-state index in [1.807, 2.05) is 29.7 Å². The second-order valence-electron chi connectivity index (χ2n) is 4.43. The van der Waals surface area contributed by atoms with Crippen LogP contribution in [0, 0.1) is 6.92 Å². The maximum atomic E-state index is 11.0. The third kappa shape index (κ3) is 4.70. The summed E-state index contributed by atoms with van der Waals surface area (Å²) in [7, 11) is -3.16. The molecule has 0 atom stereocenters. The molecular formula is C12H15ClN4O2S2. The molecule has 0 saturated heterocycles. The maximum absolute atomic E-state index is 11.0. The number of aryl methyl sites for hydroxylation is 1. The lowest BCUT2D eigenvalue weighted by molar-refractivity contribution is 0.590. The largest absolute Gasteiger partial charge is 0.277 e. The molecule has 9 heteroatoms. The van der Waals surface area contributed by atoms with Crippen molar-refractivity contribution in [2.24, 2.45) is 0 Å². The standard InChI is InChI=1S/C12H15ClN4O2S2/c1-9-3-4-10(7-11(9)13)17-8-14-16-12(17)20-6-5-15-21(2,18)19/h3-4,7-8,15H,5-6H2,1-2H3. The van der Waals surface area contributed by atoms with Crippen LogP contribution >= 0.6 is 23.4 Å². The number of nitrogens with one attached hydrogen (secondary N) is 1. The Labute approximate surface area is 133 Å². The first kappa shape index (κ1) is 16.3. The lowest BCUT2D eigenvalue weighted by Gasteiger charge is -2.08. The number of rotatable bonds is 6. The molecule has 2 rings (SSSR count). The Bertz CT molecular complexity index is 731. The van der Waals surface area contributed by atoms with Crippen molar-refractivity contribution in [2.45, 2.75) is 12.1 Å². The maximum Gasteiger partial charge on any atom is 0.208 e. The Hall–Kier alpha value is -1.09. The predicted molar refractivity (Wildman–Crippen MR) is 84.7 cm³/mol. The fraction of sp³-hybridized carbons (Fsp3) is 0.333. The van der Waals surface area contributed by atoms with E-state index in [1.165, 1.54) is 11.8 Å². The van der Waals surface area contributed by atoms with E-state index in [2.05, 4.69) is 14.9 Å². The number of hydrogen-bond acceptors (Lipinski definition) is 5. The van der Waals surface area contributed by atoms with E-state index in [-0.39, 0.29) is 0 Å². The summed E-state index contributed by atoms with van der Waals surface area (Å²) in [5.41, 5.74) is 1.87. The van der Waals surface area contributed by atoms with Crippen molar-refractivity contribution in [3.8, 4) is 5.69 Å². The van der Waals surface area contributed by atoms with Crippen LogP contribution in [0.3, 0.4) is 0 Å². The molecule has 0 aliphatic heterocycles. The molecule has 0 radical (unpaired) electrons. The monoisotopic (exact) mass is 346 g/mol. The zero-order chi connectivity index (χ0) is 15.5. The topological polar surface area (TPSA) is 76.9 Å². The third-order valence-electron chi connectivity index (χ3n) is 2.65. The van der Waals surface area contributed by atoms with Gasteiger partial charge in [0.1, 0.15) is 6.33 Å². The quantitative estimate of drug-likeness (QED) is 0.638. The number of hydrogen-bond donors (Lipinski definition) is 1. The van der Waals surface area contributed by atoms with E-state index in [4.69, 9.17) is 11.6 Å². The highest BCUT2D eigenvalue weighted by molar-refractivity contribution is 7.99. The summed E-state index contributed by atoms with van der Waals surface area (Å²) in [6, 6.07) is 5.71. The van der Waals surface area contributed by atoms with Gasteiger partial charge >= 0.3 is 0 Å². The number of thioether (sulfide) groups is 1. The number of nitrogens with zero attached hydrogens (tertiary/aromatic N) is 3. The van der Waals surface area contributed by atoms with Gasteiger partial charge in [0.05, 0.1) is 11.9 Å². The fourth-order valence-electron chi connectivity index (χ4n) is 1.60. The van der Waals surface area contributed by atoms with Crippen LogP contribution in [0.4, 0.5) is 0 Å². The number of benzene rings is 1. The van der Waals surface area contributed by atoms with Crippen LogP contribution in [-0.4, -0.2) is 41.7 Å². The van der Waals surface area contributed by atoms with Gasteiger partial charge in [-0.1, -0.05) is 29.4 Å². The highest BCUT2D eigenvalue weighted by Crippen LogP contribution is 2.23. The minimum Gasteiger partial charge on any atom is -0.277 e. The van der Waals surface area contributed by atoms with Gasteiger partial charge < -0.3 is 0 Å². The fourth-order valence-corrected chi connectivity index (χ4v) is 3.16. The second-order valence-corrected chi connectivity index (χ2v) is 7.73. The molecule has 1 N–H and O–H groups in total. The molecule has 0 spiro atoms. The first-order valence-electron chi connectivity index (χ1n) is 6.11. The van der Waals surface area contributed by atoms with E-state index in [9.17, 15) is 8.42 Å². The van der Waals surface area contributed by atoms with Crippen LogP contribution in [0.5, 0.6) is 0 Å². The van der Waals surface area contributed by atoms with Crippen molar-refractivity contribution in [1.29, 1.82) is 0 Å². The van der Waals surface area contributed by atoms with Gasteiger partial charge in [-0.2, -0.15) is 0 Å². The molecule has 6 nitrogen and oxygen atoms in total. The van der Waals surface area contributed by atoms with Crippen molar-refractivity contribution in [3.63, 3.8) is 0 Å². The Morgan fingerprint density at radius 2 is 2.19 bits per heavy atom. The van der Waals surface area contributed by atoms with Crippen LogP contribution in [0.25, 0.3) is 5.69 Å². The van der Waals surface area contributed by atoms with Gasteiger partial charge in [-0.3, -0.25) is 4.57 Å². The Morgan fingerprint density at radius 3 is 2.86 bits per heavy atom. The average Bonchev–Trinajstić information content (AvgIpc) is 2.85. The molecule has 0 amide bonds. The first-order chi connectivity index (χ1) is 9.87.